The lowest BCUT2D eigenvalue weighted by molar-refractivity contribution is -0.890. The summed E-state index contributed by atoms with van der Waals surface area (Å²) >= 11 is 0. The summed E-state index contributed by atoms with van der Waals surface area (Å²) in [5, 5.41) is 8.95. The molecule has 0 radical (unpaired) electrons. The van der Waals surface area contributed by atoms with E-state index in [9.17, 15) is 0 Å². The van der Waals surface area contributed by atoms with Crippen LogP contribution in [0.25, 0.3) is 0 Å². The van der Waals surface area contributed by atoms with E-state index < -0.39 is 0 Å². The largest absolute Gasteiger partial charge is 1.00 e. The Hall–Kier alpha value is 0.210. The SMILES string of the molecule is CCCCCCCCCCCC[N+](C)(C)CCO.[Cl-]. The number of hydrogen-bond acceptors (Lipinski definition) is 1. The van der Waals surface area contributed by atoms with E-state index in [2.05, 4.69) is 21.0 Å². The Bertz CT molecular complexity index is 174. The average Bonchev–Trinajstić information content (AvgIpc) is 2.31. The first-order valence-electron chi connectivity index (χ1n) is 8.05. The molecule has 0 spiro atoms. The van der Waals surface area contributed by atoms with Gasteiger partial charge in [-0.3, -0.25) is 0 Å². The van der Waals surface area contributed by atoms with Gasteiger partial charge >= 0.3 is 0 Å². The summed E-state index contributed by atoms with van der Waals surface area (Å²) in [4.78, 5) is 0. The zero-order valence-electron chi connectivity index (χ0n) is 13.5. The molecule has 3 heteroatoms. The summed E-state index contributed by atoms with van der Waals surface area (Å²) < 4.78 is 0.966. The Morgan fingerprint density at radius 2 is 1.11 bits per heavy atom. The van der Waals surface area contributed by atoms with E-state index >= 15 is 0 Å². The Labute approximate surface area is 127 Å². The van der Waals surface area contributed by atoms with E-state index in [4.69, 9.17) is 5.11 Å². The number of likely N-dealkylation sites (N-methyl/N-ethyl adjacent to an activating group) is 1. The summed E-state index contributed by atoms with van der Waals surface area (Å²) in [6, 6.07) is 0. The van der Waals surface area contributed by atoms with Gasteiger partial charge in [0.25, 0.3) is 0 Å². The lowest BCUT2D eigenvalue weighted by Gasteiger charge is -2.28. The second kappa shape index (κ2) is 14.6. The van der Waals surface area contributed by atoms with Crippen LogP contribution in [0.4, 0.5) is 0 Å². The number of hydrogen-bond donors (Lipinski definition) is 1. The fourth-order valence-corrected chi connectivity index (χ4v) is 2.41. The van der Waals surface area contributed by atoms with Crippen LogP contribution in [0.2, 0.25) is 0 Å². The van der Waals surface area contributed by atoms with Crippen molar-refractivity contribution in [2.24, 2.45) is 0 Å². The molecule has 1 N–H and O–H groups in total. The van der Waals surface area contributed by atoms with Gasteiger partial charge in [0.05, 0.1) is 27.2 Å². The number of nitrogens with zero attached hydrogens (tertiary/aromatic N) is 1. The number of aliphatic hydroxyl groups excluding tert-OH is 1. The maximum Gasteiger partial charge on any atom is 0.102 e. The van der Waals surface area contributed by atoms with Gasteiger partial charge in [0, 0.05) is 0 Å². The average molecular weight is 294 g/mol. The van der Waals surface area contributed by atoms with Crippen molar-refractivity contribution in [2.75, 3.05) is 33.8 Å². The molecule has 0 amide bonds. The molecule has 0 saturated carbocycles. The van der Waals surface area contributed by atoms with Crippen LogP contribution in [0.5, 0.6) is 0 Å². The van der Waals surface area contributed by atoms with Gasteiger partial charge in [0.1, 0.15) is 6.54 Å². The lowest BCUT2D eigenvalue weighted by atomic mass is 10.1. The van der Waals surface area contributed by atoms with Gasteiger partial charge in [-0.05, 0) is 12.8 Å². The van der Waals surface area contributed by atoms with Crippen LogP contribution in [0.1, 0.15) is 71.1 Å². The minimum Gasteiger partial charge on any atom is -1.00 e. The summed E-state index contributed by atoms with van der Waals surface area (Å²) in [6.45, 7) is 4.68. The van der Waals surface area contributed by atoms with Crippen molar-refractivity contribution in [3.63, 3.8) is 0 Å². The predicted octanol–water partition coefficient (Wildman–Crippen LogP) is 0.980. The third-order valence-electron chi connectivity index (χ3n) is 3.82. The van der Waals surface area contributed by atoms with Crippen LogP contribution >= 0.6 is 0 Å². The topological polar surface area (TPSA) is 20.2 Å². The normalized spacial score (nSPS) is 11.4. The Morgan fingerprint density at radius 1 is 0.684 bits per heavy atom. The quantitative estimate of drug-likeness (QED) is 0.396. The molecule has 0 atom stereocenters. The molecule has 0 saturated heterocycles. The number of quaternary nitrogens is 1. The zero-order valence-corrected chi connectivity index (χ0v) is 14.2. The van der Waals surface area contributed by atoms with Crippen molar-refractivity contribution < 1.29 is 22.0 Å². The van der Waals surface area contributed by atoms with Crippen LogP contribution in [0.15, 0.2) is 0 Å². The third-order valence-corrected chi connectivity index (χ3v) is 3.82. The van der Waals surface area contributed by atoms with Crippen LogP contribution in [0.3, 0.4) is 0 Å². The molecular formula is C16H36ClNO. The smallest absolute Gasteiger partial charge is 0.102 e. The van der Waals surface area contributed by atoms with Crippen LogP contribution < -0.4 is 12.4 Å². The van der Waals surface area contributed by atoms with Crippen molar-refractivity contribution in [3.05, 3.63) is 0 Å². The molecule has 0 bridgehead atoms. The minimum atomic E-state index is 0. The van der Waals surface area contributed by atoms with Crippen molar-refractivity contribution in [2.45, 2.75) is 71.1 Å². The first kappa shape index (κ1) is 21.5. The van der Waals surface area contributed by atoms with E-state index in [0.717, 1.165) is 11.0 Å². The third kappa shape index (κ3) is 16.2. The lowest BCUT2D eigenvalue weighted by Crippen LogP contribution is -3.00. The zero-order chi connectivity index (χ0) is 13.7. The molecule has 2 nitrogen and oxygen atoms in total. The highest BCUT2D eigenvalue weighted by Gasteiger charge is 2.12. The van der Waals surface area contributed by atoms with Gasteiger partial charge in [-0.1, -0.05) is 58.3 Å². The second-order valence-corrected chi connectivity index (χ2v) is 6.29. The highest BCUT2D eigenvalue weighted by Crippen LogP contribution is 2.11. The Balaban J connectivity index is 0. The number of aliphatic hydroxyl groups is 1. The molecule has 0 aliphatic heterocycles. The Kier molecular flexibility index (Phi) is 16.5. The van der Waals surface area contributed by atoms with E-state index in [-0.39, 0.29) is 12.4 Å². The highest BCUT2D eigenvalue weighted by atomic mass is 35.5. The molecular weight excluding hydrogens is 258 g/mol. The van der Waals surface area contributed by atoms with Gasteiger partial charge in [0.2, 0.25) is 0 Å². The second-order valence-electron chi connectivity index (χ2n) is 6.29. The molecule has 0 aliphatic rings. The molecule has 0 aliphatic carbocycles. The molecule has 19 heavy (non-hydrogen) atoms. The van der Waals surface area contributed by atoms with Gasteiger partial charge in [-0.2, -0.15) is 0 Å². The first-order chi connectivity index (χ1) is 8.62. The summed E-state index contributed by atoms with van der Waals surface area (Å²) in [7, 11) is 4.42. The van der Waals surface area contributed by atoms with Crippen LogP contribution in [-0.4, -0.2) is 43.4 Å². The minimum absolute atomic E-state index is 0. The number of unbranched alkanes of at least 4 members (excludes halogenated alkanes) is 9. The predicted molar refractivity (Wildman–Crippen MR) is 80.8 cm³/mol. The standard InChI is InChI=1S/C16H36NO.ClH/c1-4-5-6-7-8-9-10-11-12-13-14-17(2,3)15-16-18;/h18H,4-16H2,1-3H3;1H/q+1;/p-1. The molecule has 118 valence electrons. The fraction of sp³-hybridized carbons (Fsp3) is 1.00. The molecule has 0 rings (SSSR count). The molecule has 0 aromatic carbocycles. The van der Waals surface area contributed by atoms with Crippen LogP contribution in [0, 0.1) is 0 Å². The monoisotopic (exact) mass is 293 g/mol. The Morgan fingerprint density at radius 3 is 1.53 bits per heavy atom. The highest BCUT2D eigenvalue weighted by molar-refractivity contribution is 4.47. The van der Waals surface area contributed by atoms with Crippen molar-refractivity contribution in [3.8, 4) is 0 Å². The molecule has 0 aromatic heterocycles. The van der Waals surface area contributed by atoms with E-state index in [0.29, 0.717) is 6.61 Å². The van der Waals surface area contributed by atoms with E-state index in [1.54, 1.807) is 0 Å². The van der Waals surface area contributed by atoms with Crippen molar-refractivity contribution >= 4 is 0 Å². The van der Waals surface area contributed by atoms with Crippen LogP contribution in [-0.2, 0) is 0 Å². The summed E-state index contributed by atoms with van der Waals surface area (Å²) in [6.07, 6.45) is 14.0. The summed E-state index contributed by atoms with van der Waals surface area (Å²) in [5.74, 6) is 0. The molecule has 0 heterocycles. The van der Waals surface area contributed by atoms with Gasteiger partial charge in [0.15, 0.2) is 0 Å². The van der Waals surface area contributed by atoms with Gasteiger partial charge in [-0.25, -0.2) is 0 Å². The first-order valence-corrected chi connectivity index (χ1v) is 8.05. The molecule has 0 aromatic rings. The van der Waals surface area contributed by atoms with E-state index in [1.165, 1.54) is 70.8 Å². The number of rotatable bonds is 13. The molecule has 0 fully saturated rings. The van der Waals surface area contributed by atoms with E-state index in [1.807, 2.05) is 0 Å². The maximum absolute atomic E-state index is 8.95. The van der Waals surface area contributed by atoms with Crippen molar-refractivity contribution in [1.82, 2.24) is 0 Å². The number of halogens is 1. The van der Waals surface area contributed by atoms with Gasteiger partial charge in [-0.15, -0.1) is 0 Å². The maximum atomic E-state index is 8.95. The molecule has 0 unspecified atom stereocenters. The fourth-order valence-electron chi connectivity index (χ4n) is 2.41. The van der Waals surface area contributed by atoms with Crippen molar-refractivity contribution in [1.29, 1.82) is 0 Å². The summed E-state index contributed by atoms with van der Waals surface area (Å²) in [5.41, 5.74) is 0. The van der Waals surface area contributed by atoms with Gasteiger partial charge < -0.3 is 22.0 Å².